The van der Waals surface area contributed by atoms with E-state index >= 15 is 0 Å². The van der Waals surface area contributed by atoms with E-state index in [1.807, 2.05) is 0 Å². The first kappa shape index (κ1) is 9.55. The molecule has 0 radical (unpaired) electrons. The molecule has 0 fully saturated rings. The van der Waals surface area contributed by atoms with Crippen molar-refractivity contribution in [2.45, 2.75) is 0 Å². The zero-order valence-electron chi connectivity index (χ0n) is 6.02. The molecule has 0 aromatic rings. The van der Waals surface area contributed by atoms with Gasteiger partial charge in [0.05, 0.1) is 0 Å². The fraction of sp³-hybridized carbons (Fsp3) is 0.600. The van der Waals surface area contributed by atoms with Crippen molar-refractivity contribution in [1.29, 1.82) is 0 Å². The van der Waals surface area contributed by atoms with Crippen LogP contribution in [0.1, 0.15) is 0 Å². The maximum Gasteiger partial charge on any atom is 0.502 e. The molecule has 0 aromatic carbocycles. The molecule has 0 aliphatic carbocycles. The third kappa shape index (κ3) is 7.55. The summed E-state index contributed by atoms with van der Waals surface area (Å²) in [4.78, 5) is 1.66. The van der Waals surface area contributed by atoms with E-state index in [1.54, 1.807) is 19.0 Å². The molecule has 0 N–H and O–H groups in total. The van der Waals surface area contributed by atoms with E-state index in [4.69, 9.17) is 0 Å². The van der Waals surface area contributed by atoms with Crippen LogP contribution in [0.4, 0.5) is 12.9 Å². The number of nitrogens with zero attached hydrogens (tertiary/aromatic N) is 1. The number of likely N-dealkylation sites (N-methyl/N-ethyl adjacent to an activating group) is 1. The van der Waals surface area contributed by atoms with E-state index in [0.29, 0.717) is 12.5 Å². The highest BCUT2D eigenvalue weighted by molar-refractivity contribution is 6.64. The lowest BCUT2D eigenvalue weighted by molar-refractivity contribution is 0.454. The Morgan fingerprint density at radius 1 is 1.30 bits per heavy atom. The van der Waals surface area contributed by atoms with Gasteiger partial charge in [-0.05, 0) is 14.1 Å². The predicted molar refractivity (Wildman–Crippen MR) is 36.8 cm³/mol. The molecule has 0 bridgehead atoms. The summed E-state index contributed by atoms with van der Waals surface area (Å²) in [6, 6.07) is 0. The molecule has 0 atom stereocenters. The summed E-state index contributed by atoms with van der Waals surface area (Å²) in [5, 5.41) is 0. The summed E-state index contributed by atoms with van der Waals surface area (Å²) in [5.41, 5.74) is 0. The van der Waals surface area contributed by atoms with Crippen LogP contribution in [-0.2, 0) is 0 Å². The van der Waals surface area contributed by atoms with Gasteiger partial charge in [0.2, 0.25) is 0 Å². The normalized spacial score (nSPS) is 13.4. The van der Waals surface area contributed by atoms with Gasteiger partial charge >= 0.3 is 6.98 Å². The van der Waals surface area contributed by atoms with Gasteiger partial charge in [-0.25, -0.2) is 0 Å². The van der Waals surface area contributed by atoms with Crippen LogP contribution in [-0.4, -0.2) is 32.5 Å². The topological polar surface area (TPSA) is 3.24 Å². The monoisotopic (exact) mass is 152 g/mol. The van der Waals surface area contributed by atoms with Crippen LogP contribution in [0.5, 0.6) is 0 Å². The Morgan fingerprint density at radius 3 is 2.10 bits per heavy atom. The number of hydrogen-bond acceptors (Lipinski definition) is 1. The zero-order chi connectivity index (χ0) is 8.20. The lowest BCUT2D eigenvalue weighted by Gasteiger charge is -2.08. The minimum absolute atomic E-state index is 0.306. The highest BCUT2D eigenvalue weighted by Crippen LogP contribution is 2.08. The molecule has 0 aromatic heterocycles. The fourth-order valence-electron chi connectivity index (χ4n) is 0.426. The van der Waals surface area contributed by atoms with Gasteiger partial charge in [-0.15, -0.1) is 12.1 Å². The van der Waals surface area contributed by atoms with Gasteiger partial charge in [0.25, 0.3) is 0 Å². The first-order valence-corrected chi connectivity index (χ1v) is 2.94. The van der Waals surface area contributed by atoms with Crippen molar-refractivity contribution >= 4 is 6.98 Å². The number of rotatable bonds is 3. The molecular weight excluding hydrogens is 142 g/mol. The molecule has 0 aliphatic rings. The van der Waals surface area contributed by atoms with Gasteiger partial charge in [0.15, 0.2) is 0 Å². The van der Waals surface area contributed by atoms with Crippen molar-refractivity contribution in [1.82, 2.24) is 4.90 Å². The van der Waals surface area contributed by atoms with Gasteiger partial charge < -0.3 is 17.8 Å². The fourth-order valence-corrected chi connectivity index (χ4v) is 0.426. The predicted octanol–water partition coefficient (Wildman–Crippen LogP) is 1.49. The average Bonchev–Trinajstić information content (AvgIpc) is 1.59. The van der Waals surface area contributed by atoms with E-state index in [-0.39, 0.29) is 0 Å². The Labute approximate surface area is 58.6 Å². The maximum atomic E-state index is 11.5. The molecule has 10 heavy (non-hydrogen) atoms. The Bertz CT molecular complexity index is 119. The second-order valence-electron chi connectivity index (χ2n) is 2.32. The van der Waals surface area contributed by atoms with E-state index in [0.717, 1.165) is 6.08 Å². The summed E-state index contributed by atoms with van der Waals surface area (Å²) < 4.78 is 34.4. The smallest absolute Gasteiger partial charge is 0.445 e. The zero-order valence-corrected chi connectivity index (χ0v) is 6.02. The van der Waals surface area contributed by atoms with Crippen LogP contribution in [0.25, 0.3) is 0 Å². The van der Waals surface area contributed by atoms with E-state index in [1.165, 1.54) is 0 Å². The second-order valence-corrected chi connectivity index (χ2v) is 2.32. The highest BCUT2D eigenvalue weighted by atomic mass is 19.4. The summed E-state index contributed by atoms with van der Waals surface area (Å²) >= 11 is 0. The molecule has 1 nitrogen and oxygen atoms in total. The third-order valence-electron chi connectivity index (χ3n) is 0.825. The SMILES string of the molecule is CN(C)CC=C[B-](F)(F)F. The quantitative estimate of drug-likeness (QED) is 0.553. The van der Waals surface area contributed by atoms with Crippen molar-refractivity contribution in [3.63, 3.8) is 0 Å². The molecule has 60 valence electrons. The molecule has 0 heterocycles. The molecule has 0 amide bonds. The standard InChI is InChI=1S/C5H10BF3N/c1-10(2)5-3-4-6(7,8)9/h3-4H,5H2,1-2H3/q-1. The van der Waals surface area contributed by atoms with Gasteiger partial charge in [-0.3, -0.25) is 0 Å². The molecule has 0 aliphatic heterocycles. The van der Waals surface area contributed by atoms with Gasteiger partial charge in [-0.2, -0.15) is 0 Å². The third-order valence-corrected chi connectivity index (χ3v) is 0.825. The number of hydrogen-bond donors (Lipinski definition) is 0. The van der Waals surface area contributed by atoms with Crippen molar-refractivity contribution in [3.05, 3.63) is 12.1 Å². The van der Waals surface area contributed by atoms with Crippen LogP contribution in [0, 0.1) is 0 Å². The van der Waals surface area contributed by atoms with Crippen LogP contribution >= 0.6 is 0 Å². The Balaban J connectivity index is 3.57. The molecule has 0 saturated heterocycles. The lowest BCUT2D eigenvalue weighted by atomic mass is 9.92. The number of halogens is 3. The summed E-state index contributed by atoms with van der Waals surface area (Å²) in [7, 11) is 3.43. The van der Waals surface area contributed by atoms with Crippen molar-refractivity contribution in [2.24, 2.45) is 0 Å². The Hall–Kier alpha value is -0.445. The van der Waals surface area contributed by atoms with Crippen molar-refractivity contribution in [2.75, 3.05) is 20.6 Å². The van der Waals surface area contributed by atoms with Crippen LogP contribution in [0.2, 0.25) is 0 Å². The lowest BCUT2D eigenvalue weighted by Crippen LogP contribution is -2.14. The largest absolute Gasteiger partial charge is 0.502 e. The van der Waals surface area contributed by atoms with Crippen LogP contribution in [0.3, 0.4) is 0 Å². The minimum Gasteiger partial charge on any atom is -0.445 e. The molecule has 0 rings (SSSR count). The van der Waals surface area contributed by atoms with Gasteiger partial charge in [0, 0.05) is 6.54 Å². The second kappa shape index (κ2) is 3.66. The summed E-state index contributed by atoms with van der Waals surface area (Å²) in [5.74, 6) is 0.306. The van der Waals surface area contributed by atoms with Gasteiger partial charge in [-0.1, -0.05) is 0 Å². The first-order valence-electron chi connectivity index (χ1n) is 2.94. The first-order chi connectivity index (χ1) is 4.42. The molecule has 0 unspecified atom stereocenters. The molecular formula is C5H10BF3N-. The Morgan fingerprint density at radius 2 is 1.80 bits per heavy atom. The Kier molecular flexibility index (Phi) is 3.49. The van der Waals surface area contributed by atoms with Crippen LogP contribution < -0.4 is 0 Å². The minimum atomic E-state index is -4.74. The summed E-state index contributed by atoms with van der Waals surface area (Å²) in [6.07, 6.45) is 1.11. The molecule has 0 saturated carbocycles. The van der Waals surface area contributed by atoms with E-state index in [9.17, 15) is 12.9 Å². The maximum absolute atomic E-state index is 11.5. The summed E-state index contributed by atoms with van der Waals surface area (Å²) in [6.45, 7) is -4.40. The highest BCUT2D eigenvalue weighted by Gasteiger charge is 2.16. The molecule has 0 spiro atoms. The average molecular weight is 152 g/mol. The molecule has 5 heteroatoms. The van der Waals surface area contributed by atoms with E-state index in [2.05, 4.69) is 0 Å². The van der Waals surface area contributed by atoms with Crippen molar-refractivity contribution < 1.29 is 12.9 Å². The van der Waals surface area contributed by atoms with Crippen LogP contribution in [0.15, 0.2) is 12.1 Å². The van der Waals surface area contributed by atoms with Crippen molar-refractivity contribution in [3.8, 4) is 0 Å². The van der Waals surface area contributed by atoms with E-state index < -0.39 is 6.98 Å². The van der Waals surface area contributed by atoms with Gasteiger partial charge in [0.1, 0.15) is 0 Å².